The fourth-order valence-electron chi connectivity index (χ4n) is 4.90. The average molecular weight is 456 g/mol. The van der Waals surface area contributed by atoms with Crippen molar-refractivity contribution < 1.29 is 14.1 Å². The van der Waals surface area contributed by atoms with Crippen LogP contribution in [-0.4, -0.2) is 58.0 Å². The van der Waals surface area contributed by atoms with E-state index in [0.717, 1.165) is 31.4 Å². The Hall–Kier alpha value is -2.70. The van der Waals surface area contributed by atoms with Crippen LogP contribution in [0.1, 0.15) is 47.0 Å². The molecular formula is C23H29N4O4P. The van der Waals surface area contributed by atoms with Gasteiger partial charge in [0.15, 0.2) is 11.4 Å². The molecule has 4 heterocycles. The first-order valence-corrected chi connectivity index (χ1v) is 11.4. The molecule has 0 saturated carbocycles. The second kappa shape index (κ2) is 9.43. The van der Waals surface area contributed by atoms with Crippen molar-refractivity contribution in [3.63, 3.8) is 0 Å². The predicted octanol–water partition coefficient (Wildman–Crippen LogP) is 2.09. The normalized spacial score (nSPS) is 23.0. The third-order valence-corrected chi connectivity index (χ3v) is 6.75. The molecule has 2 saturated heterocycles. The number of nitrogens with one attached hydrogen (secondary N) is 1. The highest BCUT2D eigenvalue weighted by Gasteiger charge is 2.45. The highest BCUT2D eigenvalue weighted by Crippen LogP contribution is 2.34. The van der Waals surface area contributed by atoms with Gasteiger partial charge in [0.2, 0.25) is 5.43 Å². The van der Waals surface area contributed by atoms with Crippen LogP contribution in [0.4, 0.5) is 0 Å². The second-order valence-electron chi connectivity index (χ2n) is 8.28. The van der Waals surface area contributed by atoms with Gasteiger partial charge in [-0.25, -0.2) is 0 Å². The Kier molecular flexibility index (Phi) is 6.63. The standard InChI is InChI=1S/C23H29N4O4P/c1-3-5-7-15(4-2)12-24-22(29)17-13-25-14-18-26-10-6-8-16(26)9-11-27(18)23(30)19(25)21(31-32)20(17)28/h3-5,7,13,16,18H,2,6,8-12,14,32H2,1H3,(H,24,29)/b5-3-,15-7+/t16-,18?/m1/s1. The number of nitrogens with zero attached hydrogens (tertiary/aromatic N) is 3. The van der Waals surface area contributed by atoms with Crippen LogP contribution in [0, 0.1) is 0 Å². The fraction of sp³-hybridized carbons (Fsp3) is 0.435. The first-order valence-electron chi connectivity index (χ1n) is 10.9. The molecule has 0 bridgehead atoms. The molecule has 2 unspecified atom stereocenters. The largest absolute Gasteiger partial charge is 0.474 e. The minimum atomic E-state index is -0.593. The molecule has 32 heavy (non-hydrogen) atoms. The van der Waals surface area contributed by atoms with Crippen LogP contribution in [0.3, 0.4) is 0 Å². The molecule has 0 radical (unpaired) electrons. The molecule has 0 spiro atoms. The molecule has 1 aromatic heterocycles. The van der Waals surface area contributed by atoms with Gasteiger partial charge in [0.05, 0.1) is 16.0 Å². The maximum atomic E-state index is 13.3. The van der Waals surface area contributed by atoms with Crippen LogP contribution < -0.4 is 15.3 Å². The molecule has 2 fully saturated rings. The van der Waals surface area contributed by atoms with Gasteiger partial charge in [0, 0.05) is 31.9 Å². The third-order valence-electron chi connectivity index (χ3n) is 6.51. The van der Waals surface area contributed by atoms with Crippen LogP contribution in [0.2, 0.25) is 0 Å². The molecule has 0 aliphatic carbocycles. The topological polar surface area (TPSA) is 83.9 Å². The third kappa shape index (κ3) is 3.93. The zero-order chi connectivity index (χ0) is 22.8. The summed E-state index contributed by atoms with van der Waals surface area (Å²) in [5, 5.41) is 2.77. The Bertz CT molecular complexity index is 1060. The summed E-state index contributed by atoms with van der Waals surface area (Å²) in [6.07, 6.45) is 11.9. The lowest BCUT2D eigenvalue weighted by molar-refractivity contribution is -0.0209. The van der Waals surface area contributed by atoms with Crippen LogP contribution in [0.5, 0.6) is 5.75 Å². The molecule has 8 nitrogen and oxygen atoms in total. The first kappa shape index (κ1) is 22.5. The Balaban J connectivity index is 1.66. The lowest BCUT2D eigenvalue weighted by atomic mass is 10.0. The highest BCUT2D eigenvalue weighted by atomic mass is 31.0. The Morgan fingerprint density at radius 1 is 1.34 bits per heavy atom. The van der Waals surface area contributed by atoms with Gasteiger partial charge in [-0.2, -0.15) is 0 Å². The number of amides is 2. The molecule has 2 amide bonds. The van der Waals surface area contributed by atoms with Crippen molar-refractivity contribution in [2.75, 3.05) is 19.6 Å². The number of carbonyl (C=O) groups excluding carboxylic acids is 2. The van der Waals surface area contributed by atoms with Crippen LogP contribution >= 0.6 is 9.47 Å². The molecule has 3 atom stereocenters. The summed E-state index contributed by atoms with van der Waals surface area (Å²) in [5.41, 5.74) is 0.375. The molecule has 170 valence electrons. The van der Waals surface area contributed by atoms with E-state index in [-0.39, 0.29) is 35.6 Å². The van der Waals surface area contributed by atoms with Crippen LogP contribution in [0.15, 0.2) is 47.4 Å². The van der Waals surface area contributed by atoms with Crippen LogP contribution in [0.25, 0.3) is 0 Å². The van der Waals surface area contributed by atoms with Gasteiger partial charge in [0.25, 0.3) is 11.8 Å². The minimum Gasteiger partial charge on any atom is -0.474 e. The molecule has 4 rings (SSSR count). The summed E-state index contributed by atoms with van der Waals surface area (Å²) >= 11 is 0. The maximum Gasteiger partial charge on any atom is 0.275 e. The predicted molar refractivity (Wildman–Crippen MR) is 126 cm³/mol. The highest BCUT2D eigenvalue weighted by molar-refractivity contribution is 7.10. The molecule has 3 aliphatic rings. The lowest BCUT2D eigenvalue weighted by Gasteiger charge is -2.48. The molecular weight excluding hydrogens is 427 g/mol. The number of rotatable bonds is 6. The van der Waals surface area contributed by atoms with Gasteiger partial charge in [-0.3, -0.25) is 19.3 Å². The maximum absolute atomic E-state index is 13.3. The van der Waals surface area contributed by atoms with E-state index in [1.54, 1.807) is 10.6 Å². The van der Waals surface area contributed by atoms with E-state index in [1.807, 2.05) is 39.5 Å². The summed E-state index contributed by atoms with van der Waals surface area (Å²) in [7, 11) is 2.04. The lowest BCUT2D eigenvalue weighted by Crippen LogP contribution is -2.62. The van der Waals surface area contributed by atoms with Gasteiger partial charge < -0.3 is 19.3 Å². The number of aromatic nitrogens is 1. The molecule has 1 aromatic rings. The van der Waals surface area contributed by atoms with Crippen molar-refractivity contribution in [1.82, 2.24) is 19.7 Å². The van der Waals surface area contributed by atoms with Gasteiger partial charge in [-0.1, -0.05) is 30.9 Å². The quantitative estimate of drug-likeness (QED) is 0.524. The number of pyridine rings is 1. The molecule has 9 heteroatoms. The van der Waals surface area contributed by atoms with Gasteiger partial charge in [0.1, 0.15) is 11.7 Å². The number of hydrogen-bond donors (Lipinski definition) is 1. The second-order valence-corrected chi connectivity index (χ2v) is 8.51. The van der Waals surface area contributed by atoms with Crippen molar-refractivity contribution in [3.8, 4) is 5.75 Å². The Labute approximate surface area is 189 Å². The zero-order valence-electron chi connectivity index (χ0n) is 18.3. The zero-order valence-corrected chi connectivity index (χ0v) is 19.4. The summed E-state index contributed by atoms with van der Waals surface area (Å²) in [5.74, 6) is -0.848. The fourth-order valence-corrected chi connectivity index (χ4v) is 5.12. The minimum absolute atomic E-state index is 0.0457. The van der Waals surface area contributed by atoms with Crippen molar-refractivity contribution in [2.45, 2.75) is 44.9 Å². The number of carbonyl (C=O) groups is 2. The van der Waals surface area contributed by atoms with E-state index < -0.39 is 11.3 Å². The van der Waals surface area contributed by atoms with Crippen molar-refractivity contribution in [2.24, 2.45) is 0 Å². The van der Waals surface area contributed by atoms with E-state index in [2.05, 4.69) is 16.8 Å². The first-order chi connectivity index (χ1) is 15.5. The summed E-state index contributed by atoms with van der Waals surface area (Å²) < 4.78 is 6.99. The van der Waals surface area contributed by atoms with Gasteiger partial charge >= 0.3 is 0 Å². The average Bonchev–Trinajstić information content (AvgIpc) is 3.28. The number of allylic oxidation sites excluding steroid dienone is 3. The smallest absolute Gasteiger partial charge is 0.275 e. The van der Waals surface area contributed by atoms with Crippen molar-refractivity contribution >= 4 is 21.3 Å². The summed E-state index contributed by atoms with van der Waals surface area (Å²) in [4.78, 5) is 43.5. The summed E-state index contributed by atoms with van der Waals surface area (Å²) in [6, 6.07) is 0.492. The van der Waals surface area contributed by atoms with E-state index in [0.29, 0.717) is 19.1 Å². The Morgan fingerprint density at radius 3 is 2.88 bits per heavy atom. The molecule has 1 N–H and O–H groups in total. The van der Waals surface area contributed by atoms with Gasteiger partial charge in [-0.05, 0) is 31.8 Å². The number of fused-ring (bicyclic) bond motifs is 4. The van der Waals surface area contributed by atoms with E-state index in [1.165, 1.54) is 6.20 Å². The summed E-state index contributed by atoms with van der Waals surface area (Å²) in [6.45, 7) is 8.00. The monoisotopic (exact) mass is 456 g/mol. The SMILES string of the molecule is C=C/C(=C\C=C/C)CNC(=O)c1cn2c(c(OP)c1=O)C(=O)N1CC[C@H]3CCCN3C1C2. The number of hydrogen-bond acceptors (Lipinski definition) is 5. The molecule has 0 aromatic carbocycles. The van der Waals surface area contributed by atoms with Gasteiger partial charge in [-0.15, -0.1) is 0 Å². The van der Waals surface area contributed by atoms with E-state index >= 15 is 0 Å². The Morgan fingerprint density at radius 2 is 2.16 bits per heavy atom. The van der Waals surface area contributed by atoms with E-state index in [9.17, 15) is 14.4 Å². The van der Waals surface area contributed by atoms with E-state index in [4.69, 9.17) is 4.52 Å². The molecule has 3 aliphatic heterocycles. The van der Waals surface area contributed by atoms with Crippen LogP contribution in [-0.2, 0) is 6.54 Å². The van der Waals surface area contributed by atoms with Crippen molar-refractivity contribution in [1.29, 1.82) is 0 Å². The van der Waals surface area contributed by atoms with Crippen molar-refractivity contribution in [3.05, 3.63) is 64.1 Å².